The first-order chi connectivity index (χ1) is 14.0. The summed E-state index contributed by atoms with van der Waals surface area (Å²) in [5.41, 5.74) is 0.248. The second-order valence-corrected chi connectivity index (χ2v) is 6.31. The van der Waals surface area contributed by atoms with Crippen LogP contribution in [0.2, 0.25) is 0 Å². The molecule has 3 aromatic rings. The predicted molar refractivity (Wildman–Crippen MR) is 101 cm³/mol. The van der Waals surface area contributed by atoms with E-state index in [-0.39, 0.29) is 12.4 Å². The minimum Gasteiger partial charge on any atom is -0.497 e. The van der Waals surface area contributed by atoms with Gasteiger partial charge in [0.25, 0.3) is 0 Å². The molecule has 0 fully saturated rings. The van der Waals surface area contributed by atoms with Crippen molar-refractivity contribution < 1.29 is 18.7 Å². The van der Waals surface area contributed by atoms with Crippen LogP contribution in [0.3, 0.4) is 0 Å². The summed E-state index contributed by atoms with van der Waals surface area (Å²) in [5, 5.41) is 2.65. The number of ether oxygens (including phenoxy) is 1. The van der Waals surface area contributed by atoms with E-state index in [9.17, 15) is 18.8 Å². The maximum absolute atomic E-state index is 13.1. The lowest BCUT2D eigenvalue weighted by Gasteiger charge is -2.15. The third-order valence-electron chi connectivity index (χ3n) is 4.43. The van der Waals surface area contributed by atoms with Gasteiger partial charge in [-0.3, -0.25) is 9.69 Å². The van der Waals surface area contributed by atoms with Gasteiger partial charge in [0.2, 0.25) is 5.91 Å². The summed E-state index contributed by atoms with van der Waals surface area (Å²) >= 11 is 0. The number of carbonyl (C=O) groups excluding carboxylic acids is 2. The Labute approximate surface area is 163 Å². The molecule has 0 saturated carbocycles. The van der Waals surface area contributed by atoms with Crippen molar-refractivity contribution in [2.45, 2.75) is 13.1 Å². The van der Waals surface area contributed by atoms with E-state index in [1.807, 2.05) is 0 Å². The van der Waals surface area contributed by atoms with Crippen LogP contribution in [0, 0.1) is 5.82 Å². The molecule has 0 unspecified atom stereocenters. The molecule has 1 aliphatic heterocycles. The van der Waals surface area contributed by atoms with Crippen LogP contribution in [0.1, 0.15) is 5.82 Å². The minimum atomic E-state index is -0.701. The van der Waals surface area contributed by atoms with E-state index in [1.165, 1.54) is 36.3 Å². The highest BCUT2D eigenvalue weighted by molar-refractivity contribution is 5.96. The Kier molecular flexibility index (Phi) is 4.59. The normalized spacial score (nSPS) is 12.8. The molecule has 0 aliphatic carbocycles. The molecule has 1 aliphatic rings. The van der Waals surface area contributed by atoms with Crippen molar-refractivity contribution in [3.05, 3.63) is 70.7 Å². The molecule has 0 atom stereocenters. The van der Waals surface area contributed by atoms with Crippen LogP contribution in [0.5, 0.6) is 5.75 Å². The van der Waals surface area contributed by atoms with E-state index in [0.29, 0.717) is 17.1 Å². The van der Waals surface area contributed by atoms with E-state index in [1.54, 1.807) is 24.3 Å². The molecule has 9 nitrogen and oxygen atoms in total. The van der Waals surface area contributed by atoms with Crippen molar-refractivity contribution in [2.24, 2.45) is 0 Å². The van der Waals surface area contributed by atoms with E-state index in [2.05, 4.69) is 10.3 Å². The zero-order valence-corrected chi connectivity index (χ0v) is 15.3. The van der Waals surface area contributed by atoms with E-state index in [4.69, 9.17) is 4.74 Å². The first-order valence-electron chi connectivity index (χ1n) is 8.66. The number of benzene rings is 2. The number of nitrogens with one attached hydrogen (secondary N) is 1. The number of aromatic nitrogens is 3. The van der Waals surface area contributed by atoms with Crippen molar-refractivity contribution in [1.82, 2.24) is 14.3 Å². The number of anilines is 2. The van der Waals surface area contributed by atoms with Gasteiger partial charge in [-0.1, -0.05) is 6.07 Å². The van der Waals surface area contributed by atoms with Gasteiger partial charge in [0.05, 0.1) is 13.7 Å². The molecule has 148 valence electrons. The highest BCUT2D eigenvalue weighted by atomic mass is 19.1. The Morgan fingerprint density at radius 3 is 2.69 bits per heavy atom. The second-order valence-electron chi connectivity index (χ2n) is 6.31. The lowest BCUT2D eigenvalue weighted by molar-refractivity contribution is -0.117. The maximum Gasteiger partial charge on any atom is 0.365 e. The first kappa shape index (κ1) is 18.4. The van der Waals surface area contributed by atoms with E-state index in [0.717, 1.165) is 9.36 Å². The minimum absolute atomic E-state index is 0.0458. The zero-order chi connectivity index (χ0) is 20.5. The van der Waals surface area contributed by atoms with Crippen molar-refractivity contribution >= 4 is 23.3 Å². The van der Waals surface area contributed by atoms with Crippen LogP contribution in [-0.2, 0) is 17.9 Å². The molecule has 0 bridgehead atoms. The summed E-state index contributed by atoms with van der Waals surface area (Å²) < 4.78 is 20.3. The first-order valence-corrected chi connectivity index (χ1v) is 8.66. The number of amides is 2. The summed E-state index contributed by atoms with van der Waals surface area (Å²) in [5.74, 6) is -0.158. The van der Waals surface area contributed by atoms with Crippen molar-refractivity contribution in [3.8, 4) is 5.75 Å². The van der Waals surface area contributed by atoms with Gasteiger partial charge in [0.1, 0.15) is 18.1 Å². The van der Waals surface area contributed by atoms with Gasteiger partial charge < -0.3 is 10.1 Å². The Morgan fingerprint density at radius 2 is 1.97 bits per heavy atom. The summed E-state index contributed by atoms with van der Waals surface area (Å²) in [6.07, 6.45) is 0. The molecule has 2 aromatic carbocycles. The topological polar surface area (TPSA) is 98.5 Å². The number of carbonyl (C=O) groups is 2. The van der Waals surface area contributed by atoms with Crippen molar-refractivity contribution in [2.75, 3.05) is 17.3 Å². The fourth-order valence-electron chi connectivity index (χ4n) is 3.08. The van der Waals surface area contributed by atoms with E-state index >= 15 is 0 Å². The molecule has 2 amide bonds. The molecular weight excluding hydrogens is 381 g/mol. The number of nitrogens with zero attached hydrogens (tertiary/aromatic N) is 4. The van der Waals surface area contributed by atoms with Crippen LogP contribution in [0.4, 0.5) is 20.6 Å². The third kappa shape index (κ3) is 3.47. The Bertz CT molecular complexity index is 1150. The summed E-state index contributed by atoms with van der Waals surface area (Å²) in [6.45, 7) is -0.351. The van der Waals surface area contributed by atoms with Gasteiger partial charge in [0, 0.05) is 17.4 Å². The Morgan fingerprint density at radius 1 is 1.21 bits per heavy atom. The molecule has 1 aromatic heterocycles. The fourth-order valence-corrected chi connectivity index (χ4v) is 3.08. The van der Waals surface area contributed by atoms with Crippen LogP contribution < -0.4 is 20.6 Å². The maximum atomic E-state index is 13.1. The van der Waals surface area contributed by atoms with Crippen LogP contribution in [-0.4, -0.2) is 33.4 Å². The molecule has 1 N–H and O–H groups in total. The zero-order valence-electron chi connectivity index (χ0n) is 15.3. The summed E-state index contributed by atoms with van der Waals surface area (Å²) in [7, 11) is 1.51. The quantitative estimate of drug-likeness (QED) is 0.708. The second kappa shape index (κ2) is 7.23. The number of halogens is 1. The molecule has 0 radical (unpaired) electrons. The van der Waals surface area contributed by atoms with Gasteiger partial charge in [0.15, 0.2) is 5.82 Å². The SMILES string of the molecule is COc1cccc(NC(=O)Cn2c(=O)nc3n2C(=O)N(c2ccc(F)cc2)C3)c1. The molecule has 0 spiro atoms. The Hall–Kier alpha value is -3.95. The van der Waals surface area contributed by atoms with Crippen LogP contribution >= 0.6 is 0 Å². The van der Waals surface area contributed by atoms with Crippen LogP contribution in [0.25, 0.3) is 0 Å². The highest BCUT2D eigenvalue weighted by Gasteiger charge is 2.33. The lowest BCUT2D eigenvalue weighted by atomic mass is 10.3. The van der Waals surface area contributed by atoms with Gasteiger partial charge in [-0.15, -0.1) is 0 Å². The number of methoxy groups -OCH3 is 1. The number of rotatable bonds is 5. The highest BCUT2D eigenvalue weighted by Crippen LogP contribution is 2.23. The van der Waals surface area contributed by atoms with Crippen molar-refractivity contribution in [3.63, 3.8) is 0 Å². The van der Waals surface area contributed by atoms with Gasteiger partial charge in [-0.05, 0) is 36.4 Å². The Balaban J connectivity index is 1.55. The van der Waals surface area contributed by atoms with Gasteiger partial charge >= 0.3 is 11.7 Å². The molecule has 2 heterocycles. The summed E-state index contributed by atoms with van der Waals surface area (Å²) in [6, 6.07) is 11.6. The molecular formula is C19H16FN5O4. The predicted octanol–water partition coefficient (Wildman–Crippen LogP) is 1.82. The van der Waals surface area contributed by atoms with E-state index < -0.39 is 30.0 Å². The molecule has 0 saturated heterocycles. The number of fused-ring (bicyclic) bond motifs is 1. The molecule has 10 heteroatoms. The number of hydrogen-bond acceptors (Lipinski definition) is 5. The standard InChI is InChI=1S/C19H16FN5O4/c1-29-15-4-2-3-13(9-15)21-17(26)11-24-18(27)22-16-10-23(19(28)25(16)24)14-7-5-12(20)6-8-14/h2-9H,10-11H2,1H3,(H,21,26). The monoisotopic (exact) mass is 397 g/mol. The summed E-state index contributed by atoms with van der Waals surface area (Å²) in [4.78, 5) is 42.6. The average Bonchev–Trinajstić information content (AvgIpc) is 3.18. The molecule has 29 heavy (non-hydrogen) atoms. The average molecular weight is 397 g/mol. The largest absolute Gasteiger partial charge is 0.497 e. The van der Waals surface area contributed by atoms with Gasteiger partial charge in [-0.25, -0.2) is 18.7 Å². The lowest BCUT2D eigenvalue weighted by Crippen LogP contribution is -2.36. The van der Waals surface area contributed by atoms with Crippen LogP contribution in [0.15, 0.2) is 53.3 Å². The fraction of sp³-hybridized carbons (Fsp3) is 0.158. The third-order valence-corrected chi connectivity index (χ3v) is 4.43. The smallest absolute Gasteiger partial charge is 0.365 e. The van der Waals surface area contributed by atoms with Gasteiger partial charge in [-0.2, -0.15) is 9.67 Å². The molecule has 4 rings (SSSR count). The number of hydrogen-bond donors (Lipinski definition) is 1. The van der Waals surface area contributed by atoms with Crippen molar-refractivity contribution in [1.29, 1.82) is 0 Å².